The monoisotopic (exact) mass is 379 g/mol. The number of nitro benzene ring substituents is 2. The summed E-state index contributed by atoms with van der Waals surface area (Å²) in [5.74, 6) is 0.732. The number of nitrogens with zero attached hydrogens (tertiary/aromatic N) is 4. The Hall–Kier alpha value is -2.99. The number of nitrogens with one attached hydrogen (secondary N) is 1. The van der Waals surface area contributed by atoms with Crippen molar-refractivity contribution in [2.75, 3.05) is 5.32 Å². The fraction of sp³-hybridized carbons (Fsp3) is 0.0769. The van der Waals surface area contributed by atoms with Crippen LogP contribution in [0.25, 0.3) is 0 Å². The van der Waals surface area contributed by atoms with Crippen LogP contribution in [0, 0.1) is 20.2 Å². The van der Waals surface area contributed by atoms with E-state index in [1.807, 2.05) is 6.07 Å². The third-order valence-corrected chi connectivity index (χ3v) is 4.94. The van der Waals surface area contributed by atoms with Crippen molar-refractivity contribution < 1.29 is 14.3 Å². The van der Waals surface area contributed by atoms with Crippen molar-refractivity contribution in [1.29, 1.82) is 0 Å². The second-order valence-corrected chi connectivity index (χ2v) is 6.84. The van der Waals surface area contributed by atoms with Crippen LogP contribution < -0.4 is 5.32 Å². The van der Waals surface area contributed by atoms with Gasteiger partial charge < -0.3 is 9.73 Å². The molecule has 128 valence electrons. The van der Waals surface area contributed by atoms with E-state index >= 15 is 0 Å². The van der Waals surface area contributed by atoms with E-state index in [4.69, 9.17) is 4.42 Å². The molecule has 0 unspecified atom stereocenters. The minimum absolute atomic E-state index is 0.254. The van der Waals surface area contributed by atoms with Crippen molar-refractivity contribution in [3.63, 3.8) is 0 Å². The van der Waals surface area contributed by atoms with Crippen molar-refractivity contribution in [2.45, 2.75) is 15.8 Å². The van der Waals surface area contributed by atoms with Crippen molar-refractivity contribution >= 4 is 39.6 Å². The molecule has 0 bridgehead atoms. The molecule has 1 aromatic carbocycles. The highest BCUT2D eigenvalue weighted by molar-refractivity contribution is 8.01. The number of aromatic nitrogens is 2. The lowest BCUT2D eigenvalue weighted by molar-refractivity contribution is -0.396. The number of nitro groups is 2. The Bertz CT molecular complexity index is 911. The standard InChI is InChI=1S/C13H9N5O5S2/c19-17(20)8-3-4-11(10(6-8)18(21)22)24-13-16-15-12(25-13)14-7-9-2-1-5-23-9/h1-6H,7H2,(H,14,15). The van der Waals surface area contributed by atoms with E-state index < -0.39 is 9.85 Å². The average molecular weight is 379 g/mol. The highest BCUT2D eigenvalue weighted by atomic mass is 32.2. The predicted octanol–water partition coefficient (Wildman–Crippen LogP) is 3.71. The molecule has 0 radical (unpaired) electrons. The molecular weight excluding hydrogens is 370 g/mol. The summed E-state index contributed by atoms with van der Waals surface area (Å²) in [5, 5.41) is 33.4. The van der Waals surface area contributed by atoms with Gasteiger partial charge in [0, 0.05) is 6.07 Å². The number of hydrogen-bond donors (Lipinski definition) is 1. The van der Waals surface area contributed by atoms with Crippen LogP contribution in [-0.2, 0) is 6.54 Å². The minimum Gasteiger partial charge on any atom is -0.467 e. The third-order valence-electron chi connectivity index (χ3n) is 2.95. The molecule has 0 saturated heterocycles. The number of furan rings is 1. The molecule has 10 nitrogen and oxygen atoms in total. The van der Waals surface area contributed by atoms with Gasteiger partial charge in [0.25, 0.3) is 11.4 Å². The maximum atomic E-state index is 11.1. The van der Waals surface area contributed by atoms with Crippen LogP contribution in [0.15, 0.2) is 50.2 Å². The van der Waals surface area contributed by atoms with Crippen molar-refractivity contribution in [3.05, 3.63) is 62.6 Å². The minimum atomic E-state index is -0.678. The van der Waals surface area contributed by atoms with Crippen LogP contribution in [0.4, 0.5) is 16.5 Å². The zero-order chi connectivity index (χ0) is 17.8. The first-order valence-corrected chi connectivity index (χ1v) is 8.36. The largest absolute Gasteiger partial charge is 0.467 e. The van der Waals surface area contributed by atoms with Crippen LogP contribution in [0.1, 0.15) is 5.76 Å². The summed E-state index contributed by atoms with van der Waals surface area (Å²) in [5.41, 5.74) is -0.686. The van der Waals surface area contributed by atoms with Crippen LogP contribution in [0.2, 0.25) is 0 Å². The van der Waals surface area contributed by atoms with E-state index in [9.17, 15) is 20.2 Å². The molecule has 3 aromatic rings. The second-order valence-electron chi connectivity index (χ2n) is 4.57. The van der Waals surface area contributed by atoms with E-state index in [1.165, 1.54) is 23.5 Å². The normalized spacial score (nSPS) is 10.6. The van der Waals surface area contributed by atoms with Gasteiger partial charge in [-0.15, -0.1) is 10.2 Å². The molecule has 0 amide bonds. The SMILES string of the molecule is O=[N+]([O-])c1ccc(Sc2nnc(NCc3ccco3)s2)c([N+](=O)[O-])c1. The predicted molar refractivity (Wildman–Crippen MR) is 89.8 cm³/mol. The molecular formula is C13H9N5O5S2. The summed E-state index contributed by atoms with van der Waals surface area (Å²) in [6, 6.07) is 7.06. The van der Waals surface area contributed by atoms with Gasteiger partial charge in [-0.25, -0.2) is 0 Å². The van der Waals surface area contributed by atoms with Crippen molar-refractivity contribution in [2.24, 2.45) is 0 Å². The first-order valence-electron chi connectivity index (χ1n) is 6.73. The van der Waals surface area contributed by atoms with Crippen LogP contribution in [0.5, 0.6) is 0 Å². The van der Waals surface area contributed by atoms with E-state index in [-0.39, 0.29) is 16.3 Å². The number of rotatable bonds is 7. The fourth-order valence-corrected chi connectivity index (χ4v) is 3.63. The maximum Gasteiger partial charge on any atom is 0.290 e. The fourth-order valence-electron chi connectivity index (χ4n) is 1.84. The van der Waals surface area contributed by atoms with Gasteiger partial charge in [0.05, 0.1) is 33.6 Å². The number of hydrogen-bond acceptors (Lipinski definition) is 10. The van der Waals surface area contributed by atoms with Crippen molar-refractivity contribution in [3.8, 4) is 0 Å². The van der Waals surface area contributed by atoms with E-state index in [2.05, 4.69) is 15.5 Å². The summed E-state index contributed by atoms with van der Waals surface area (Å²) in [6.07, 6.45) is 1.56. The lowest BCUT2D eigenvalue weighted by Gasteiger charge is -2.00. The smallest absolute Gasteiger partial charge is 0.290 e. The zero-order valence-corrected chi connectivity index (χ0v) is 14.0. The maximum absolute atomic E-state index is 11.1. The quantitative estimate of drug-likeness (QED) is 0.481. The number of anilines is 1. The lowest BCUT2D eigenvalue weighted by Crippen LogP contribution is -1.96. The van der Waals surface area contributed by atoms with Gasteiger partial charge in [-0.1, -0.05) is 11.3 Å². The van der Waals surface area contributed by atoms with Crippen LogP contribution in [0.3, 0.4) is 0 Å². The zero-order valence-electron chi connectivity index (χ0n) is 12.3. The lowest BCUT2D eigenvalue weighted by atomic mass is 10.3. The first-order chi connectivity index (χ1) is 12.0. The Morgan fingerprint density at radius 3 is 2.72 bits per heavy atom. The van der Waals surface area contributed by atoms with Gasteiger partial charge >= 0.3 is 0 Å². The summed E-state index contributed by atoms with van der Waals surface area (Å²) in [7, 11) is 0. The average Bonchev–Trinajstić information content (AvgIpc) is 3.24. The molecule has 0 atom stereocenters. The molecule has 12 heteroatoms. The molecule has 0 aliphatic rings. The Morgan fingerprint density at radius 2 is 2.04 bits per heavy atom. The Balaban J connectivity index is 1.74. The Kier molecular flexibility index (Phi) is 4.90. The molecule has 0 aliphatic carbocycles. The summed E-state index contributed by atoms with van der Waals surface area (Å²) >= 11 is 2.24. The van der Waals surface area contributed by atoms with Gasteiger partial charge in [-0.2, -0.15) is 0 Å². The van der Waals surface area contributed by atoms with E-state index in [0.29, 0.717) is 16.0 Å². The second kappa shape index (κ2) is 7.27. The molecule has 0 saturated carbocycles. The molecule has 1 N–H and O–H groups in total. The van der Waals surface area contributed by atoms with Gasteiger partial charge in [0.15, 0.2) is 4.34 Å². The van der Waals surface area contributed by atoms with E-state index in [0.717, 1.165) is 23.6 Å². The summed E-state index contributed by atoms with van der Waals surface area (Å²) in [6.45, 7) is 0.435. The van der Waals surface area contributed by atoms with Gasteiger partial charge in [0.1, 0.15) is 5.76 Å². The number of benzene rings is 1. The summed E-state index contributed by atoms with van der Waals surface area (Å²) in [4.78, 5) is 20.8. The highest BCUT2D eigenvalue weighted by Crippen LogP contribution is 2.38. The Morgan fingerprint density at radius 1 is 1.20 bits per heavy atom. The molecule has 25 heavy (non-hydrogen) atoms. The van der Waals surface area contributed by atoms with Crippen LogP contribution >= 0.6 is 23.1 Å². The van der Waals surface area contributed by atoms with E-state index in [1.54, 1.807) is 12.3 Å². The molecule has 3 rings (SSSR count). The molecule has 2 aromatic heterocycles. The summed E-state index contributed by atoms with van der Waals surface area (Å²) < 4.78 is 5.66. The van der Waals surface area contributed by atoms with Gasteiger partial charge in [-0.05, 0) is 30.0 Å². The molecule has 0 fully saturated rings. The van der Waals surface area contributed by atoms with Crippen LogP contribution in [-0.4, -0.2) is 20.0 Å². The number of non-ortho nitro benzene ring substituents is 1. The Labute approximate surface area is 148 Å². The highest BCUT2D eigenvalue weighted by Gasteiger charge is 2.21. The van der Waals surface area contributed by atoms with Gasteiger partial charge in [0.2, 0.25) is 5.13 Å². The topological polar surface area (TPSA) is 137 Å². The third kappa shape index (κ3) is 4.10. The van der Waals surface area contributed by atoms with Gasteiger partial charge in [-0.3, -0.25) is 20.2 Å². The molecule has 0 aliphatic heterocycles. The molecule has 2 heterocycles. The first kappa shape index (κ1) is 16.9. The van der Waals surface area contributed by atoms with Crippen molar-refractivity contribution in [1.82, 2.24) is 10.2 Å². The molecule has 0 spiro atoms.